The summed E-state index contributed by atoms with van der Waals surface area (Å²) in [6.07, 6.45) is 9.31. The molecule has 1 amide bonds. The Morgan fingerprint density at radius 3 is 2.50 bits per heavy atom. The van der Waals surface area contributed by atoms with Crippen LogP contribution in [0.1, 0.15) is 103 Å². The summed E-state index contributed by atoms with van der Waals surface area (Å²) in [4.78, 5) is 31.6. The van der Waals surface area contributed by atoms with Gasteiger partial charge >= 0.3 is 16.2 Å². The van der Waals surface area contributed by atoms with Crippen molar-refractivity contribution in [1.29, 1.82) is 0 Å². The molecule has 2 aromatic heterocycles. The van der Waals surface area contributed by atoms with Crippen molar-refractivity contribution < 1.29 is 27.5 Å². The number of rotatable bonds is 9. The van der Waals surface area contributed by atoms with Crippen molar-refractivity contribution in [2.24, 2.45) is 0 Å². The topological polar surface area (TPSA) is 125 Å². The lowest BCUT2D eigenvalue weighted by molar-refractivity contribution is 0.0511. The minimum Gasteiger partial charge on any atom is -0.497 e. The number of amides is 1. The minimum atomic E-state index is -4.00. The summed E-state index contributed by atoms with van der Waals surface area (Å²) in [7, 11) is 0.380. The van der Waals surface area contributed by atoms with Crippen molar-refractivity contribution in [2.45, 2.75) is 71.4 Å². The lowest BCUT2D eigenvalue weighted by Crippen LogP contribution is -2.39. The quantitative estimate of drug-likeness (QED) is 0.204. The number of imidazole rings is 1. The maximum Gasteiger partial charge on any atom is 0.357 e. The molecule has 1 N–H and O–H groups in total. The van der Waals surface area contributed by atoms with Crippen molar-refractivity contribution in [3.05, 3.63) is 70.8 Å². The molecule has 254 valence electrons. The largest absolute Gasteiger partial charge is 0.497 e. The second-order valence-electron chi connectivity index (χ2n) is 12.9. The van der Waals surface area contributed by atoms with E-state index in [9.17, 15) is 18.0 Å². The first-order chi connectivity index (χ1) is 22.9. The zero-order valence-electron chi connectivity index (χ0n) is 28.4. The van der Waals surface area contributed by atoms with Crippen molar-refractivity contribution in [3.8, 4) is 17.0 Å². The monoisotopic (exact) mass is 673 g/mol. The summed E-state index contributed by atoms with van der Waals surface area (Å²) in [6, 6.07) is 11.4. The molecule has 1 saturated carbocycles. The van der Waals surface area contributed by atoms with Crippen LogP contribution in [0.5, 0.6) is 5.75 Å². The van der Waals surface area contributed by atoms with E-state index >= 15 is 0 Å². The van der Waals surface area contributed by atoms with Crippen LogP contribution in [0.3, 0.4) is 0 Å². The van der Waals surface area contributed by atoms with Gasteiger partial charge in [-0.15, -0.1) is 0 Å². The molecule has 11 nitrogen and oxygen atoms in total. The smallest absolute Gasteiger partial charge is 0.357 e. The Balaban J connectivity index is 1.63. The minimum absolute atomic E-state index is 0.0372. The number of nitrogens with zero attached hydrogens (tertiary/aromatic N) is 4. The average Bonchev–Trinajstić information content (AvgIpc) is 3.60. The Morgan fingerprint density at radius 1 is 1.08 bits per heavy atom. The van der Waals surface area contributed by atoms with Crippen LogP contribution in [0, 0.1) is 0 Å². The molecule has 0 unspecified atom stereocenters. The van der Waals surface area contributed by atoms with Crippen LogP contribution in [0.4, 0.5) is 0 Å². The van der Waals surface area contributed by atoms with E-state index in [1.807, 2.05) is 36.6 Å². The Kier molecular flexibility index (Phi) is 9.23. The first kappa shape index (κ1) is 33.5. The van der Waals surface area contributed by atoms with E-state index in [2.05, 4.69) is 21.4 Å². The highest BCUT2D eigenvalue weighted by molar-refractivity contribution is 7.87. The predicted molar refractivity (Wildman–Crippen MR) is 186 cm³/mol. The third-order valence-electron chi connectivity index (χ3n) is 9.38. The summed E-state index contributed by atoms with van der Waals surface area (Å²) in [5.41, 5.74) is 6.91. The molecule has 48 heavy (non-hydrogen) atoms. The van der Waals surface area contributed by atoms with Crippen LogP contribution in [0.2, 0.25) is 0 Å². The van der Waals surface area contributed by atoms with E-state index in [0.29, 0.717) is 29.6 Å². The number of ether oxygens (including phenoxy) is 2. The summed E-state index contributed by atoms with van der Waals surface area (Å²) in [5, 5.41) is 1.02. The number of hydrogen-bond donors (Lipinski definition) is 1. The number of aromatic nitrogens is 3. The van der Waals surface area contributed by atoms with Crippen molar-refractivity contribution in [2.75, 3.05) is 27.8 Å². The van der Waals surface area contributed by atoms with Crippen LogP contribution >= 0.6 is 0 Å². The molecule has 6 rings (SSSR count). The number of carbonyl (C=O) groups is 2. The van der Waals surface area contributed by atoms with Crippen LogP contribution in [-0.4, -0.2) is 66.5 Å². The van der Waals surface area contributed by atoms with Crippen LogP contribution in [0.15, 0.2) is 42.7 Å². The highest BCUT2D eigenvalue weighted by Gasteiger charge is 2.32. The number of fused-ring (bicyclic) bond motifs is 5. The Labute approximate surface area is 281 Å². The first-order valence-corrected chi connectivity index (χ1v) is 17.9. The second kappa shape index (κ2) is 13.2. The molecule has 2 aromatic carbocycles. The molecule has 0 atom stereocenters. The van der Waals surface area contributed by atoms with Crippen molar-refractivity contribution in [3.63, 3.8) is 0 Å². The Hall–Kier alpha value is -4.42. The molecule has 0 spiro atoms. The zero-order chi connectivity index (χ0) is 34.3. The lowest BCUT2D eigenvalue weighted by atomic mass is 9.81. The SMILES string of the molecule is CCOC(=O)c1c(C2=Cc3cc(OC)ccc3-c3c(C4CCCCC4)c4ccc(C(=O)NS(=O)(=O)N(C)C)cc4n3C2)ncn1C(C)C. The average molecular weight is 674 g/mol. The van der Waals surface area contributed by atoms with Gasteiger partial charge in [-0.3, -0.25) is 4.79 Å². The maximum atomic E-state index is 13.4. The van der Waals surface area contributed by atoms with E-state index in [4.69, 9.17) is 14.5 Å². The van der Waals surface area contributed by atoms with E-state index in [0.717, 1.165) is 63.3 Å². The summed E-state index contributed by atoms with van der Waals surface area (Å²) in [6.45, 7) is 6.34. The van der Waals surface area contributed by atoms with E-state index < -0.39 is 22.1 Å². The third kappa shape index (κ3) is 6.03. The molecule has 4 aromatic rings. The fraction of sp³-hybridized carbons (Fsp3) is 0.417. The van der Waals surface area contributed by atoms with E-state index in [1.54, 1.807) is 32.5 Å². The summed E-state index contributed by atoms with van der Waals surface area (Å²) >= 11 is 0. The van der Waals surface area contributed by atoms with E-state index in [1.165, 1.54) is 26.1 Å². The molecule has 0 saturated heterocycles. The molecule has 0 bridgehead atoms. The predicted octanol–water partition coefficient (Wildman–Crippen LogP) is 6.41. The highest BCUT2D eigenvalue weighted by atomic mass is 32.2. The fourth-order valence-electron chi connectivity index (χ4n) is 6.98. The molecule has 3 heterocycles. The number of nitrogens with one attached hydrogen (secondary N) is 1. The van der Waals surface area contributed by atoms with Gasteiger partial charge in [-0.05, 0) is 87.1 Å². The fourth-order valence-corrected chi connectivity index (χ4v) is 7.52. The molecule has 1 aliphatic heterocycles. The lowest BCUT2D eigenvalue weighted by Gasteiger charge is -2.24. The van der Waals surface area contributed by atoms with Crippen LogP contribution < -0.4 is 9.46 Å². The molecule has 12 heteroatoms. The van der Waals surface area contributed by atoms with Gasteiger partial charge in [-0.1, -0.05) is 25.3 Å². The van der Waals surface area contributed by atoms with Gasteiger partial charge in [0.2, 0.25) is 0 Å². The molecular formula is C36H43N5O6S. The van der Waals surface area contributed by atoms with Crippen LogP contribution in [-0.2, 0) is 21.5 Å². The number of carbonyl (C=O) groups excluding carboxylic acids is 2. The number of allylic oxidation sites excluding steroid dienone is 1. The first-order valence-electron chi connectivity index (χ1n) is 16.5. The highest BCUT2D eigenvalue weighted by Crippen LogP contribution is 2.48. The number of hydrogen-bond acceptors (Lipinski definition) is 7. The normalized spacial score (nSPS) is 15.2. The molecule has 1 aliphatic carbocycles. The molecule has 0 radical (unpaired) electrons. The van der Waals surface area contributed by atoms with Gasteiger partial charge in [0.1, 0.15) is 11.4 Å². The molecule has 1 fully saturated rings. The number of benzene rings is 2. The Bertz CT molecular complexity index is 2030. The molecule has 2 aliphatic rings. The molecular weight excluding hydrogens is 630 g/mol. The van der Waals surface area contributed by atoms with Crippen molar-refractivity contribution >= 4 is 44.6 Å². The van der Waals surface area contributed by atoms with Gasteiger partial charge < -0.3 is 18.6 Å². The number of methoxy groups -OCH3 is 1. The van der Waals surface area contributed by atoms with Gasteiger partial charge in [0.05, 0.1) is 32.3 Å². The van der Waals surface area contributed by atoms with Crippen LogP contribution in [0.25, 0.3) is 33.8 Å². The standard InChI is InChI=1S/C36H43N5O6S/c1-7-47-36(43)34-32(37-21-41(34)22(2)3)26-17-25-18-27(46-6)14-16-28(25)33-31(23-11-9-8-10-12-23)29-15-13-24(19-30(29)40(33)20-26)35(42)38-48(44,45)39(4)5/h13-19,21-23H,7-12,20H2,1-6H3,(H,38,42). The van der Waals surface area contributed by atoms with Gasteiger partial charge in [0, 0.05) is 47.7 Å². The van der Waals surface area contributed by atoms with Gasteiger partial charge in [0.15, 0.2) is 5.69 Å². The summed E-state index contributed by atoms with van der Waals surface area (Å²) in [5.74, 6) is -0.156. The Morgan fingerprint density at radius 2 is 1.83 bits per heavy atom. The third-order valence-corrected chi connectivity index (χ3v) is 10.8. The van der Waals surface area contributed by atoms with Crippen molar-refractivity contribution in [1.82, 2.24) is 23.1 Å². The maximum absolute atomic E-state index is 13.4. The summed E-state index contributed by atoms with van der Waals surface area (Å²) < 4.78 is 43.5. The second-order valence-corrected chi connectivity index (χ2v) is 14.8. The van der Waals surface area contributed by atoms with Gasteiger partial charge in [-0.2, -0.15) is 12.7 Å². The van der Waals surface area contributed by atoms with Gasteiger partial charge in [0.25, 0.3) is 5.91 Å². The number of esters is 1. The van der Waals surface area contributed by atoms with Gasteiger partial charge in [-0.25, -0.2) is 14.5 Å². The van der Waals surface area contributed by atoms with E-state index in [-0.39, 0.29) is 18.2 Å². The zero-order valence-corrected chi connectivity index (χ0v) is 29.2.